The molecular formula is C24H21N3O2. The molecule has 0 unspecified atom stereocenters. The Morgan fingerprint density at radius 3 is 2.38 bits per heavy atom. The minimum atomic E-state index is 0.0459. The Labute approximate surface area is 169 Å². The van der Waals surface area contributed by atoms with Crippen molar-refractivity contribution in [2.45, 2.75) is 13.2 Å². The number of hydrogen-bond acceptors (Lipinski definition) is 4. The van der Waals surface area contributed by atoms with Gasteiger partial charge in [0.2, 0.25) is 0 Å². The highest BCUT2D eigenvalue weighted by Gasteiger charge is 2.03. The fraction of sp³-hybridized carbons (Fsp3) is 0.0833. The molecule has 0 saturated carbocycles. The molecule has 5 heteroatoms. The van der Waals surface area contributed by atoms with Crippen molar-refractivity contribution in [3.8, 4) is 11.5 Å². The molecule has 144 valence electrons. The Hall–Kier alpha value is -3.86. The van der Waals surface area contributed by atoms with Crippen LogP contribution in [0, 0.1) is 5.41 Å². The van der Waals surface area contributed by atoms with Gasteiger partial charge in [-0.1, -0.05) is 48.5 Å². The summed E-state index contributed by atoms with van der Waals surface area (Å²) in [6.07, 6.45) is 0. The van der Waals surface area contributed by atoms with E-state index in [4.69, 9.17) is 20.6 Å². The first kappa shape index (κ1) is 18.5. The van der Waals surface area contributed by atoms with E-state index in [9.17, 15) is 0 Å². The van der Waals surface area contributed by atoms with Crippen LogP contribution in [0.15, 0.2) is 84.9 Å². The summed E-state index contributed by atoms with van der Waals surface area (Å²) in [5.74, 6) is 1.47. The molecule has 1 aromatic heterocycles. The summed E-state index contributed by atoms with van der Waals surface area (Å²) in [6, 6.07) is 27.0. The third kappa shape index (κ3) is 4.71. The van der Waals surface area contributed by atoms with Crippen molar-refractivity contribution in [2.75, 3.05) is 0 Å². The SMILES string of the molecule is N=C(N)c1cccc(COc2cccc(OCc3ccc4ccccc4n3)c2)c1. The van der Waals surface area contributed by atoms with Gasteiger partial charge in [-0.15, -0.1) is 0 Å². The number of nitrogens with one attached hydrogen (secondary N) is 1. The Morgan fingerprint density at radius 2 is 1.55 bits per heavy atom. The minimum Gasteiger partial charge on any atom is -0.489 e. The number of pyridine rings is 1. The molecule has 0 fully saturated rings. The van der Waals surface area contributed by atoms with Crippen molar-refractivity contribution in [1.29, 1.82) is 5.41 Å². The fourth-order valence-electron chi connectivity index (χ4n) is 3.00. The van der Waals surface area contributed by atoms with Crippen molar-refractivity contribution in [2.24, 2.45) is 5.73 Å². The van der Waals surface area contributed by atoms with Gasteiger partial charge in [0.15, 0.2) is 0 Å². The van der Waals surface area contributed by atoms with E-state index in [2.05, 4.69) is 11.1 Å². The minimum absolute atomic E-state index is 0.0459. The van der Waals surface area contributed by atoms with Gasteiger partial charge in [-0.25, -0.2) is 4.98 Å². The summed E-state index contributed by atoms with van der Waals surface area (Å²) in [5.41, 5.74) is 9.01. The summed E-state index contributed by atoms with van der Waals surface area (Å²) in [4.78, 5) is 4.63. The van der Waals surface area contributed by atoms with Crippen LogP contribution in [0.2, 0.25) is 0 Å². The van der Waals surface area contributed by atoms with E-state index in [-0.39, 0.29) is 5.84 Å². The summed E-state index contributed by atoms with van der Waals surface area (Å²) in [6.45, 7) is 0.770. The molecular weight excluding hydrogens is 362 g/mol. The lowest BCUT2D eigenvalue weighted by Crippen LogP contribution is -2.11. The highest BCUT2D eigenvalue weighted by molar-refractivity contribution is 5.95. The van der Waals surface area contributed by atoms with Crippen molar-refractivity contribution in [3.05, 3.63) is 102 Å². The maximum absolute atomic E-state index is 7.53. The molecule has 0 aliphatic rings. The second-order valence-corrected chi connectivity index (χ2v) is 6.66. The third-order valence-electron chi connectivity index (χ3n) is 4.49. The van der Waals surface area contributed by atoms with Crippen LogP contribution in [0.4, 0.5) is 0 Å². The van der Waals surface area contributed by atoms with Crippen molar-refractivity contribution < 1.29 is 9.47 Å². The maximum Gasteiger partial charge on any atom is 0.130 e. The molecule has 29 heavy (non-hydrogen) atoms. The maximum atomic E-state index is 7.53. The van der Waals surface area contributed by atoms with Gasteiger partial charge in [-0.05, 0) is 35.9 Å². The molecule has 5 nitrogen and oxygen atoms in total. The van der Waals surface area contributed by atoms with Crippen LogP contribution >= 0.6 is 0 Å². The van der Waals surface area contributed by atoms with Gasteiger partial charge in [0.05, 0.1) is 11.2 Å². The van der Waals surface area contributed by atoms with Crippen LogP contribution in [0.3, 0.4) is 0 Å². The highest BCUT2D eigenvalue weighted by Crippen LogP contribution is 2.22. The summed E-state index contributed by atoms with van der Waals surface area (Å²) < 4.78 is 11.8. The van der Waals surface area contributed by atoms with Crippen LogP contribution in [0.5, 0.6) is 11.5 Å². The molecule has 0 saturated heterocycles. The molecule has 0 aliphatic heterocycles. The van der Waals surface area contributed by atoms with E-state index >= 15 is 0 Å². The predicted octanol–water partition coefficient (Wildman–Crippen LogP) is 4.68. The average Bonchev–Trinajstić information content (AvgIpc) is 2.76. The molecule has 4 rings (SSSR count). The number of para-hydroxylation sites is 1. The van der Waals surface area contributed by atoms with E-state index < -0.39 is 0 Å². The first-order valence-electron chi connectivity index (χ1n) is 9.31. The van der Waals surface area contributed by atoms with E-state index in [0.717, 1.165) is 27.9 Å². The van der Waals surface area contributed by atoms with Crippen molar-refractivity contribution in [1.82, 2.24) is 4.98 Å². The molecule has 0 atom stereocenters. The zero-order valence-electron chi connectivity index (χ0n) is 15.8. The number of fused-ring (bicyclic) bond motifs is 1. The molecule has 4 aromatic rings. The van der Waals surface area contributed by atoms with E-state index in [1.807, 2.05) is 72.8 Å². The summed E-state index contributed by atoms with van der Waals surface area (Å²) in [5, 5.41) is 8.65. The number of benzene rings is 3. The Bertz CT molecular complexity index is 1160. The van der Waals surface area contributed by atoms with Crippen LogP contribution in [-0.4, -0.2) is 10.8 Å². The first-order chi connectivity index (χ1) is 14.2. The third-order valence-corrected chi connectivity index (χ3v) is 4.49. The van der Waals surface area contributed by atoms with Gasteiger partial charge in [-0.2, -0.15) is 0 Å². The zero-order valence-corrected chi connectivity index (χ0v) is 15.8. The summed E-state index contributed by atoms with van der Waals surface area (Å²) in [7, 11) is 0. The molecule has 0 bridgehead atoms. The average molecular weight is 383 g/mol. The Kier molecular flexibility index (Phi) is 5.38. The topological polar surface area (TPSA) is 81.2 Å². The Balaban J connectivity index is 1.39. The molecule has 1 heterocycles. The fourth-order valence-corrected chi connectivity index (χ4v) is 3.00. The van der Waals surface area contributed by atoms with Gasteiger partial charge in [-0.3, -0.25) is 5.41 Å². The van der Waals surface area contributed by atoms with Crippen molar-refractivity contribution in [3.63, 3.8) is 0 Å². The Morgan fingerprint density at radius 1 is 0.793 bits per heavy atom. The van der Waals surface area contributed by atoms with Crippen LogP contribution in [0.1, 0.15) is 16.8 Å². The largest absolute Gasteiger partial charge is 0.489 e. The zero-order chi connectivity index (χ0) is 20.1. The normalized spacial score (nSPS) is 10.6. The molecule has 0 amide bonds. The number of nitrogens with zero attached hydrogens (tertiary/aromatic N) is 1. The standard InChI is InChI=1S/C24H21N3O2/c25-24(26)19-7-3-5-17(13-19)15-28-21-8-4-9-22(14-21)29-16-20-12-11-18-6-1-2-10-23(18)27-20/h1-14H,15-16H2,(H3,25,26). The second-order valence-electron chi connectivity index (χ2n) is 6.66. The molecule has 3 N–H and O–H groups in total. The quantitative estimate of drug-likeness (QED) is 0.359. The highest BCUT2D eigenvalue weighted by atomic mass is 16.5. The van der Waals surface area contributed by atoms with Gasteiger partial charge < -0.3 is 15.2 Å². The number of rotatable bonds is 7. The molecule has 0 radical (unpaired) electrons. The number of nitrogens with two attached hydrogens (primary N) is 1. The van der Waals surface area contributed by atoms with Crippen LogP contribution in [-0.2, 0) is 13.2 Å². The number of aromatic nitrogens is 1. The second kappa shape index (κ2) is 8.44. The van der Waals surface area contributed by atoms with Crippen LogP contribution in [0.25, 0.3) is 10.9 Å². The lowest BCUT2D eigenvalue weighted by molar-refractivity contribution is 0.288. The van der Waals surface area contributed by atoms with E-state index in [1.165, 1.54) is 0 Å². The van der Waals surface area contributed by atoms with Crippen molar-refractivity contribution >= 4 is 16.7 Å². The lowest BCUT2D eigenvalue weighted by Gasteiger charge is -2.10. The number of nitrogen functional groups attached to an aromatic ring is 1. The number of hydrogen-bond donors (Lipinski definition) is 2. The predicted molar refractivity (Wildman–Crippen MR) is 114 cm³/mol. The molecule has 0 spiro atoms. The summed E-state index contributed by atoms with van der Waals surface area (Å²) >= 11 is 0. The van der Waals surface area contributed by atoms with E-state index in [0.29, 0.717) is 24.5 Å². The molecule has 3 aromatic carbocycles. The van der Waals surface area contributed by atoms with Gasteiger partial charge in [0.25, 0.3) is 0 Å². The van der Waals surface area contributed by atoms with Gasteiger partial charge >= 0.3 is 0 Å². The number of ether oxygens (including phenoxy) is 2. The van der Waals surface area contributed by atoms with E-state index in [1.54, 1.807) is 6.07 Å². The molecule has 0 aliphatic carbocycles. The smallest absolute Gasteiger partial charge is 0.130 e. The van der Waals surface area contributed by atoms with Crippen LogP contribution < -0.4 is 15.2 Å². The first-order valence-corrected chi connectivity index (χ1v) is 9.31. The van der Waals surface area contributed by atoms with Gasteiger partial charge in [0, 0.05) is 17.0 Å². The van der Waals surface area contributed by atoms with Gasteiger partial charge in [0.1, 0.15) is 30.5 Å². The lowest BCUT2D eigenvalue weighted by atomic mass is 10.1. The number of amidine groups is 1. The monoisotopic (exact) mass is 383 g/mol.